The fraction of sp³-hybridized carbons (Fsp3) is 0.263. The highest BCUT2D eigenvalue weighted by molar-refractivity contribution is 7.17. The van der Waals surface area contributed by atoms with Gasteiger partial charge in [-0.3, -0.25) is 14.5 Å². The van der Waals surface area contributed by atoms with Crippen LogP contribution in [0.2, 0.25) is 9.36 Å². The molecule has 0 radical (unpaired) electrons. The summed E-state index contributed by atoms with van der Waals surface area (Å²) in [5, 5.41) is 3.32. The Bertz CT molecular complexity index is 937. The number of carbonyl (C=O) groups is 2. The molecule has 8 heteroatoms. The number of rotatable bonds is 4. The van der Waals surface area contributed by atoms with E-state index in [0.29, 0.717) is 31.3 Å². The maximum atomic E-state index is 13.2. The van der Waals surface area contributed by atoms with E-state index in [1.54, 1.807) is 57.2 Å². The Labute approximate surface area is 171 Å². The molecule has 1 N–H and O–H groups in total. The molecule has 2 aromatic rings. The van der Waals surface area contributed by atoms with Crippen molar-refractivity contribution in [3.8, 4) is 0 Å². The van der Waals surface area contributed by atoms with Gasteiger partial charge in [-0.15, -0.1) is 11.3 Å². The number of nitrogens with zero attached hydrogens (tertiary/aromatic N) is 1. The van der Waals surface area contributed by atoms with Crippen molar-refractivity contribution in [3.63, 3.8) is 0 Å². The molecule has 0 saturated heterocycles. The van der Waals surface area contributed by atoms with Crippen LogP contribution in [0.4, 0.5) is 5.69 Å². The van der Waals surface area contributed by atoms with E-state index in [1.165, 1.54) is 16.2 Å². The minimum absolute atomic E-state index is 0.0107. The monoisotopic (exact) mass is 424 g/mol. The van der Waals surface area contributed by atoms with Crippen molar-refractivity contribution in [2.24, 2.45) is 0 Å². The second-order valence-corrected chi connectivity index (χ2v) is 8.72. The lowest BCUT2D eigenvalue weighted by molar-refractivity contribution is -0.147. The number of carbonyl (C=O) groups excluding carboxylic acids is 2. The maximum absolute atomic E-state index is 13.2. The van der Waals surface area contributed by atoms with E-state index in [0.717, 1.165) is 0 Å². The van der Waals surface area contributed by atoms with Crippen LogP contribution in [0.1, 0.15) is 25.6 Å². The molecule has 0 atom stereocenters. The van der Waals surface area contributed by atoms with Crippen LogP contribution in [0.25, 0.3) is 5.57 Å². The molecule has 3 rings (SSSR count). The molecule has 0 spiro atoms. The van der Waals surface area contributed by atoms with Gasteiger partial charge in [-0.05, 0) is 51.1 Å². The molecule has 0 saturated carbocycles. The van der Waals surface area contributed by atoms with E-state index >= 15 is 0 Å². The van der Waals surface area contributed by atoms with Crippen LogP contribution in [-0.2, 0) is 14.3 Å². The van der Waals surface area contributed by atoms with Gasteiger partial charge in [0, 0.05) is 15.6 Å². The molecule has 0 unspecified atom stereocenters. The average molecular weight is 425 g/mol. The second kappa shape index (κ2) is 7.54. The number of thiophene rings is 1. The quantitative estimate of drug-likeness (QED) is 0.749. The van der Waals surface area contributed by atoms with E-state index in [2.05, 4.69) is 5.32 Å². The molecule has 1 aliphatic heterocycles. The number of ether oxygens (including phenoxy) is 1. The highest BCUT2D eigenvalue weighted by atomic mass is 35.5. The number of hydrogen-bond donors (Lipinski definition) is 1. The Morgan fingerprint density at radius 1 is 1.26 bits per heavy atom. The van der Waals surface area contributed by atoms with Gasteiger partial charge in [-0.2, -0.15) is 0 Å². The molecule has 1 aromatic heterocycles. The van der Waals surface area contributed by atoms with E-state index in [-0.39, 0.29) is 18.5 Å². The first-order valence-corrected chi connectivity index (χ1v) is 9.76. The number of hydrogen-bond acceptors (Lipinski definition) is 4. The minimum Gasteiger partial charge on any atom is -0.477 e. The number of benzene rings is 1. The first-order valence-electron chi connectivity index (χ1n) is 8.18. The molecule has 2 heterocycles. The summed E-state index contributed by atoms with van der Waals surface area (Å²) in [6.45, 7) is 5.07. The fourth-order valence-corrected chi connectivity index (χ4v) is 4.01. The van der Waals surface area contributed by atoms with Gasteiger partial charge in [0.15, 0.2) is 6.73 Å². The summed E-state index contributed by atoms with van der Waals surface area (Å²) in [6, 6.07) is 10.3. The first kappa shape index (κ1) is 19.7. The standard InChI is InChI=1S/C19H18Cl2N2O3S/c1-11-16(14-7-8-15(21)27-14)17(24)23(10-26-11)19(2,3)18(25)22-13-6-4-5-12(20)9-13/h4-9H,10H2,1-3H3,(H,22,25). The van der Waals surface area contributed by atoms with Crippen molar-refractivity contribution < 1.29 is 14.3 Å². The van der Waals surface area contributed by atoms with Crippen LogP contribution in [0.15, 0.2) is 42.2 Å². The zero-order chi connectivity index (χ0) is 19.8. The molecule has 27 heavy (non-hydrogen) atoms. The lowest BCUT2D eigenvalue weighted by Crippen LogP contribution is -2.57. The first-order chi connectivity index (χ1) is 12.7. The normalized spacial score (nSPS) is 15.0. The number of anilines is 1. The minimum atomic E-state index is -1.15. The predicted molar refractivity (Wildman–Crippen MR) is 109 cm³/mol. The Kier molecular flexibility index (Phi) is 5.51. The molecular formula is C19H18Cl2N2O3S. The van der Waals surface area contributed by atoms with Gasteiger partial charge in [0.2, 0.25) is 5.91 Å². The van der Waals surface area contributed by atoms with Gasteiger partial charge >= 0.3 is 0 Å². The second-order valence-electron chi connectivity index (χ2n) is 6.57. The summed E-state index contributed by atoms with van der Waals surface area (Å²) < 4.78 is 6.27. The molecule has 0 bridgehead atoms. The summed E-state index contributed by atoms with van der Waals surface area (Å²) in [5.41, 5.74) is -0.170. The average Bonchev–Trinajstić information content (AvgIpc) is 3.00. The Morgan fingerprint density at radius 3 is 2.63 bits per heavy atom. The van der Waals surface area contributed by atoms with Gasteiger partial charge in [0.25, 0.3) is 5.91 Å². The van der Waals surface area contributed by atoms with Gasteiger partial charge in [0.05, 0.1) is 9.91 Å². The van der Waals surface area contributed by atoms with Crippen molar-refractivity contribution in [1.29, 1.82) is 0 Å². The summed E-state index contributed by atoms with van der Waals surface area (Å²) in [6.07, 6.45) is 0. The number of nitrogens with one attached hydrogen (secondary N) is 1. The third-order valence-electron chi connectivity index (χ3n) is 4.35. The molecular weight excluding hydrogens is 407 g/mol. The van der Waals surface area contributed by atoms with E-state index in [4.69, 9.17) is 27.9 Å². The summed E-state index contributed by atoms with van der Waals surface area (Å²) in [4.78, 5) is 28.1. The molecule has 142 valence electrons. The van der Waals surface area contributed by atoms with Crippen molar-refractivity contribution in [2.45, 2.75) is 26.3 Å². The third kappa shape index (κ3) is 3.98. The van der Waals surface area contributed by atoms with Crippen LogP contribution < -0.4 is 5.32 Å². The topological polar surface area (TPSA) is 58.6 Å². The van der Waals surface area contributed by atoms with E-state index in [1.807, 2.05) is 0 Å². The molecule has 1 aromatic carbocycles. The van der Waals surface area contributed by atoms with Crippen molar-refractivity contribution >= 4 is 57.6 Å². The lowest BCUT2D eigenvalue weighted by Gasteiger charge is -2.40. The van der Waals surface area contributed by atoms with E-state index < -0.39 is 5.54 Å². The van der Waals surface area contributed by atoms with Crippen molar-refractivity contribution in [1.82, 2.24) is 4.90 Å². The molecule has 1 aliphatic rings. The van der Waals surface area contributed by atoms with Gasteiger partial charge in [-0.25, -0.2) is 0 Å². The van der Waals surface area contributed by atoms with Crippen LogP contribution in [0, 0.1) is 0 Å². The van der Waals surface area contributed by atoms with E-state index in [9.17, 15) is 9.59 Å². The van der Waals surface area contributed by atoms with Crippen LogP contribution in [-0.4, -0.2) is 29.0 Å². The molecule has 0 fully saturated rings. The number of amides is 2. The molecule has 5 nitrogen and oxygen atoms in total. The van der Waals surface area contributed by atoms with Gasteiger partial charge in [0.1, 0.15) is 11.3 Å². The zero-order valence-electron chi connectivity index (χ0n) is 15.0. The summed E-state index contributed by atoms with van der Waals surface area (Å²) >= 11 is 13.3. The summed E-state index contributed by atoms with van der Waals surface area (Å²) in [7, 11) is 0. The van der Waals surface area contributed by atoms with Crippen molar-refractivity contribution in [3.05, 3.63) is 56.4 Å². The lowest BCUT2D eigenvalue weighted by atomic mass is 9.99. The van der Waals surface area contributed by atoms with Crippen LogP contribution in [0.5, 0.6) is 0 Å². The Hall–Kier alpha value is -2.02. The zero-order valence-corrected chi connectivity index (χ0v) is 17.3. The SMILES string of the molecule is CC1=C(c2ccc(Cl)s2)C(=O)N(C(C)(C)C(=O)Nc2cccc(Cl)c2)CO1. The van der Waals surface area contributed by atoms with Crippen molar-refractivity contribution in [2.75, 3.05) is 12.0 Å². The van der Waals surface area contributed by atoms with Crippen LogP contribution >= 0.6 is 34.5 Å². The fourth-order valence-electron chi connectivity index (χ4n) is 2.69. The smallest absolute Gasteiger partial charge is 0.262 e. The van der Waals surface area contributed by atoms with Gasteiger partial charge in [-0.1, -0.05) is 29.3 Å². The maximum Gasteiger partial charge on any atom is 0.262 e. The summed E-state index contributed by atoms with van der Waals surface area (Å²) in [5.74, 6) is -0.103. The number of allylic oxidation sites excluding steroid dienone is 1. The Balaban J connectivity index is 1.86. The highest BCUT2D eigenvalue weighted by Crippen LogP contribution is 2.35. The van der Waals surface area contributed by atoms with Crippen LogP contribution in [0.3, 0.4) is 0 Å². The largest absolute Gasteiger partial charge is 0.477 e. The number of halogens is 2. The molecule has 0 aliphatic carbocycles. The Morgan fingerprint density at radius 2 is 2.00 bits per heavy atom. The highest BCUT2D eigenvalue weighted by Gasteiger charge is 2.42. The third-order valence-corrected chi connectivity index (χ3v) is 5.84. The van der Waals surface area contributed by atoms with Gasteiger partial charge < -0.3 is 10.1 Å². The predicted octanol–water partition coefficient (Wildman–Crippen LogP) is 5.02. The molecule has 2 amide bonds.